The normalized spacial score (nSPS) is 11.8. The van der Waals surface area contributed by atoms with Crippen LogP contribution in [-0.4, -0.2) is 53.3 Å². The zero-order valence-electron chi connectivity index (χ0n) is 22.3. The van der Waals surface area contributed by atoms with Gasteiger partial charge in [-0.05, 0) is 50.2 Å². The van der Waals surface area contributed by atoms with E-state index in [1.165, 1.54) is 64.3 Å². The number of halogens is 4. The number of rotatable bonds is 8. The van der Waals surface area contributed by atoms with Crippen LogP contribution in [0.15, 0.2) is 36.4 Å². The van der Waals surface area contributed by atoms with Gasteiger partial charge in [-0.1, -0.05) is 46.4 Å². The van der Waals surface area contributed by atoms with Crippen molar-refractivity contribution < 1.29 is 29.4 Å². The molecule has 0 fully saturated rings. The first kappa shape index (κ1) is 31.0. The van der Waals surface area contributed by atoms with Crippen LogP contribution in [0.3, 0.4) is 0 Å². The Morgan fingerprint density at radius 1 is 0.643 bits per heavy atom. The van der Waals surface area contributed by atoms with Crippen LogP contribution < -0.4 is 0 Å². The molecule has 0 atom stereocenters. The minimum absolute atomic E-state index is 0.00370. The van der Waals surface area contributed by atoms with Gasteiger partial charge in [-0.15, -0.1) is 0 Å². The lowest BCUT2D eigenvalue weighted by molar-refractivity contribution is -0.132. The van der Waals surface area contributed by atoms with E-state index in [4.69, 9.17) is 46.4 Å². The van der Waals surface area contributed by atoms with Crippen LogP contribution in [-0.2, 0) is 23.7 Å². The Morgan fingerprint density at radius 3 is 1.26 bits per heavy atom. The highest BCUT2D eigenvalue weighted by molar-refractivity contribution is 6.41. The molecule has 2 N–H and O–H groups in total. The van der Waals surface area contributed by atoms with Crippen molar-refractivity contribution in [3.8, 4) is 0 Å². The fourth-order valence-corrected chi connectivity index (χ4v) is 5.69. The summed E-state index contributed by atoms with van der Waals surface area (Å²) >= 11 is 24.5. The largest absolute Gasteiger partial charge is 0.478 e. The Balaban J connectivity index is 2.09. The average Bonchev–Trinajstić information content (AvgIpc) is 3.33. The SMILES string of the molecule is Cc1nn(C)c(C(C(=O)O)=C(C(=O)O)c2c(C(=O)c3ccc(Cl)cc3Cl)c(C)nn2C)c1C(=O)c1ccc(Cl)cc1Cl. The Labute approximate surface area is 258 Å². The van der Waals surface area contributed by atoms with Crippen LogP contribution >= 0.6 is 46.4 Å². The molecule has 0 unspecified atom stereocenters. The third-order valence-corrected chi connectivity index (χ3v) is 7.50. The fraction of sp³-hybridized carbons (Fsp3) is 0.143. The minimum atomic E-state index is -1.70. The first-order valence-electron chi connectivity index (χ1n) is 11.9. The van der Waals surface area contributed by atoms with Gasteiger partial charge < -0.3 is 10.2 Å². The maximum absolute atomic E-state index is 13.7. The molecule has 4 rings (SSSR count). The first-order chi connectivity index (χ1) is 19.6. The van der Waals surface area contributed by atoms with Gasteiger partial charge in [0.2, 0.25) is 0 Å². The summed E-state index contributed by atoms with van der Waals surface area (Å²) in [5, 5.41) is 29.9. The smallest absolute Gasteiger partial charge is 0.338 e. The van der Waals surface area contributed by atoms with Crippen LogP contribution in [0, 0.1) is 13.8 Å². The second kappa shape index (κ2) is 11.7. The van der Waals surface area contributed by atoms with E-state index in [-0.39, 0.29) is 65.1 Å². The fourth-order valence-electron chi connectivity index (χ4n) is 4.70. The molecular formula is C28H20Cl4N4O6. The van der Waals surface area contributed by atoms with Crippen molar-refractivity contribution in [2.75, 3.05) is 0 Å². The van der Waals surface area contributed by atoms with Gasteiger partial charge in [-0.25, -0.2) is 9.59 Å². The van der Waals surface area contributed by atoms with Gasteiger partial charge >= 0.3 is 11.9 Å². The second-order valence-electron chi connectivity index (χ2n) is 9.13. The molecule has 0 aliphatic carbocycles. The number of hydrogen-bond donors (Lipinski definition) is 2. The van der Waals surface area contributed by atoms with Crippen molar-refractivity contribution in [2.45, 2.75) is 13.8 Å². The van der Waals surface area contributed by atoms with E-state index in [1.807, 2.05) is 0 Å². The van der Waals surface area contributed by atoms with Crippen LogP contribution in [0.25, 0.3) is 11.1 Å². The molecule has 2 aromatic carbocycles. The van der Waals surface area contributed by atoms with Crippen molar-refractivity contribution in [1.29, 1.82) is 0 Å². The van der Waals surface area contributed by atoms with Gasteiger partial charge in [0.15, 0.2) is 11.6 Å². The summed E-state index contributed by atoms with van der Waals surface area (Å²) in [4.78, 5) is 53.3. The number of aryl methyl sites for hydroxylation is 4. The quantitative estimate of drug-likeness (QED) is 0.177. The number of hydrogen-bond acceptors (Lipinski definition) is 6. The van der Waals surface area contributed by atoms with Crippen molar-refractivity contribution in [3.63, 3.8) is 0 Å². The molecule has 0 bridgehead atoms. The summed E-state index contributed by atoms with van der Waals surface area (Å²) in [6, 6.07) is 8.28. The maximum atomic E-state index is 13.7. The van der Waals surface area contributed by atoms with E-state index >= 15 is 0 Å². The third-order valence-electron chi connectivity index (χ3n) is 6.40. The van der Waals surface area contributed by atoms with Gasteiger partial charge in [-0.3, -0.25) is 19.0 Å². The van der Waals surface area contributed by atoms with Gasteiger partial charge in [0.25, 0.3) is 0 Å². The Morgan fingerprint density at radius 2 is 0.976 bits per heavy atom. The van der Waals surface area contributed by atoms with Crippen LogP contribution in [0.4, 0.5) is 0 Å². The third kappa shape index (κ3) is 5.46. The highest BCUT2D eigenvalue weighted by Crippen LogP contribution is 2.36. The molecule has 0 saturated carbocycles. The first-order valence-corrected chi connectivity index (χ1v) is 13.4. The predicted molar refractivity (Wildman–Crippen MR) is 158 cm³/mol. The summed E-state index contributed by atoms with van der Waals surface area (Å²) in [6.07, 6.45) is 0. The van der Waals surface area contributed by atoms with Crippen molar-refractivity contribution >= 4 is 81.1 Å². The van der Waals surface area contributed by atoms with E-state index in [9.17, 15) is 29.4 Å². The molecule has 14 heteroatoms. The average molecular weight is 650 g/mol. The number of aliphatic carboxylic acids is 2. The predicted octanol–water partition coefficient (Wildman–Crippen LogP) is 5.93. The number of ketones is 2. The number of carbonyl (C=O) groups is 4. The summed E-state index contributed by atoms with van der Waals surface area (Å²) in [6.45, 7) is 2.93. The Hall–Kier alpha value is -3.96. The maximum Gasteiger partial charge on any atom is 0.338 e. The number of carboxylic acids is 2. The van der Waals surface area contributed by atoms with Crippen molar-refractivity contribution in [3.05, 3.63) is 102 Å². The Bertz CT molecular complexity index is 1740. The molecule has 0 saturated heterocycles. The molecular weight excluding hydrogens is 630 g/mol. The minimum Gasteiger partial charge on any atom is -0.478 e. The zero-order valence-corrected chi connectivity index (χ0v) is 25.3. The summed E-state index contributed by atoms with van der Waals surface area (Å²) in [7, 11) is 2.72. The van der Waals surface area contributed by atoms with Gasteiger partial charge in [0.1, 0.15) is 11.1 Å². The molecule has 42 heavy (non-hydrogen) atoms. The molecule has 0 aliphatic heterocycles. The van der Waals surface area contributed by atoms with Gasteiger partial charge in [0.05, 0.1) is 43.9 Å². The molecule has 0 amide bonds. The molecule has 0 aliphatic rings. The number of carbonyl (C=O) groups excluding carboxylic acids is 2. The number of benzene rings is 2. The lowest BCUT2D eigenvalue weighted by Gasteiger charge is -2.14. The molecule has 0 spiro atoms. The van der Waals surface area contributed by atoms with Crippen LogP contribution in [0.5, 0.6) is 0 Å². The highest BCUT2D eigenvalue weighted by atomic mass is 35.5. The monoisotopic (exact) mass is 648 g/mol. The molecule has 2 heterocycles. The van der Waals surface area contributed by atoms with Crippen molar-refractivity contribution in [2.24, 2.45) is 14.1 Å². The number of aromatic nitrogens is 4. The van der Waals surface area contributed by atoms with Gasteiger partial charge in [0, 0.05) is 35.3 Å². The lowest BCUT2D eigenvalue weighted by atomic mass is 9.91. The summed E-state index contributed by atoms with van der Waals surface area (Å²) in [5.41, 5.74) is -2.47. The molecule has 216 valence electrons. The van der Waals surface area contributed by atoms with Crippen LogP contribution in [0.2, 0.25) is 20.1 Å². The standard InChI is InChI=1S/C28H20Cl4N4O6/c1-11-19(25(37)15-7-5-13(29)9-17(15)31)23(35(3)33-11)21(27(39)40)22(28(41)42)24-20(12(2)34-36(24)4)26(38)16-8-6-14(30)10-18(16)32/h5-10H,1-4H3,(H,39,40)(H,41,42). The highest BCUT2D eigenvalue weighted by Gasteiger charge is 2.37. The lowest BCUT2D eigenvalue weighted by Crippen LogP contribution is -2.19. The van der Waals surface area contributed by atoms with E-state index in [1.54, 1.807) is 0 Å². The Kier molecular flexibility index (Phi) is 8.65. The van der Waals surface area contributed by atoms with Crippen molar-refractivity contribution in [1.82, 2.24) is 19.6 Å². The van der Waals surface area contributed by atoms with Crippen LogP contribution in [0.1, 0.15) is 54.6 Å². The second-order valence-corrected chi connectivity index (χ2v) is 10.8. The topological polar surface area (TPSA) is 144 Å². The number of carboxylic acid groups (broad SMARTS) is 2. The molecule has 10 nitrogen and oxygen atoms in total. The van der Waals surface area contributed by atoms with E-state index < -0.39 is 34.7 Å². The van der Waals surface area contributed by atoms with E-state index in [2.05, 4.69) is 10.2 Å². The zero-order chi connectivity index (χ0) is 31.2. The molecule has 2 aromatic heterocycles. The summed E-state index contributed by atoms with van der Waals surface area (Å²) in [5.74, 6) is -4.83. The molecule has 4 aromatic rings. The van der Waals surface area contributed by atoms with E-state index in [0.717, 1.165) is 9.36 Å². The number of nitrogens with zero attached hydrogens (tertiary/aromatic N) is 4. The molecule has 0 radical (unpaired) electrons. The summed E-state index contributed by atoms with van der Waals surface area (Å²) < 4.78 is 2.17. The van der Waals surface area contributed by atoms with Gasteiger partial charge in [-0.2, -0.15) is 10.2 Å². The van der Waals surface area contributed by atoms with E-state index in [0.29, 0.717) is 0 Å².